The first-order chi connectivity index (χ1) is 14.0. The fourth-order valence-corrected chi connectivity index (χ4v) is 3.02. The molecule has 1 amide bonds. The molecule has 11 heteroatoms. The lowest BCUT2D eigenvalue weighted by Gasteiger charge is -2.06. The highest BCUT2D eigenvalue weighted by Gasteiger charge is 2.13. The zero-order valence-electron chi connectivity index (χ0n) is 14.7. The lowest BCUT2D eigenvalue weighted by molar-refractivity contribution is 0.102. The molecule has 146 valence electrons. The van der Waals surface area contributed by atoms with Crippen molar-refractivity contribution in [2.24, 2.45) is 0 Å². The quantitative estimate of drug-likeness (QED) is 0.470. The number of nitrogens with zero attached hydrogens (tertiary/aromatic N) is 6. The summed E-state index contributed by atoms with van der Waals surface area (Å²) >= 11 is 11.7. The standard InChI is InChI=1S/C18H13Cl2N7O2/c19-13-8-12(9-14(20)16(13)28)21-18(29)15-6-7-26(23-15)10-27-24-17(22-25-27)11-4-2-1-3-5-11/h1-9,28H,10H2,(H,21,29). The monoisotopic (exact) mass is 429 g/mol. The van der Waals surface area contributed by atoms with Gasteiger partial charge in [0.25, 0.3) is 5.91 Å². The predicted molar refractivity (Wildman–Crippen MR) is 107 cm³/mol. The van der Waals surface area contributed by atoms with Gasteiger partial charge in [0, 0.05) is 17.4 Å². The molecule has 0 aliphatic carbocycles. The highest BCUT2D eigenvalue weighted by molar-refractivity contribution is 6.37. The van der Waals surface area contributed by atoms with E-state index < -0.39 is 5.91 Å². The summed E-state index contributed by atoms with van der Waals surface area (Å²) in [4.78, 5) is 13.8. The molecular formula is C18H13Cl2N7O2. The van der Waals surface area contributed by atoms with Gasteiger partial charge in [0.2, 0.25) is 5.82 Å². The lowest BCUT2D eigenvalue weighted by atomic mass is 10.2. The van der Waals surface area contributed by atoms with Crippen molar-refractivity contribution < 1.29 is 9.90 Å². The molecule has 9 nitrogen and oxygen atoms in total. The molecular weight excluding hydrogens is 417 g/mol. The number of carbonyl (C=O) groups excluding carboxylic acids is 1. The maximum Gasteiger partial charge on any atom is 0.276 e. The number of amides is 1. The number of aromatic nitrogens is 6. The molecule has 0 bridgehead atoms. The van der Waals surface area contributed by atoms with Crippen molar-refractivity contribution >= 4 is 34.8 Å². The molecule has 2 aromatic carbocycles. The number of tetrazole rings is 1. The molecule has 4 rings (SSSR count). The molecule has 2 heterocycles. The molecule has 0 aliphatic heterocycles. The third kappa shape index (κ3) is 4.20. The van der Waals surface area contributed by atoms with Crippen LogP contribution in [-0.2, 0) is 6.67 Å². The van der Waals surface area contributed by atoms with E-state index in [1.54, 1.807) is 12.3 Å². The van der Waals surface area contributed by atoms with Crippen LogP contribution >= 0.6 is 23.2 Å². The number of hydrogen-bond donors (Lipinski definition) is 2. The van der Waals surface area contributed by atoms with Crippen molar-refractivity contribution in [2.75, 3.05) is 5.32 Å². The summed E-state index contributed by atoms with van der Waals surface area (Å²) in [7, 11) is 0. The molecule has 29 heavy (non-hydrogen) atoms. The molecule has 0 fully saturated rings. The summed E-state index contributed by atoms with van der Waals surface area (Å²) < 4.78 is 1.50. The highest BCUT2D eigenvalue weighted by Crippen LogP contribution is 2.34. The second kappa shape index (κ2) is 7.90. The summed E-state index contributed by atoms with van der Waals surface area (Å²) in [6.07, 6.45) is 1.62. The van der Waals surface area contributed by atoms with E-state index in [1.807, 2.05) is 30.3 Å². The Hall–Kier alpha value is -3.43. The third-order valence-electron chi connectivity index (χ3n) is 3.90. The number of phenols is 1. The Balaban J connectivity index is 1.45. The Bertz CT molecular complexity index is 1150. The van der Waals surface area contributed by atoms with Gasteiger partial charge in [-0.25, -0.2) is 4.68 Å². The summed E-state index contributed by atoms with van der Waals surface area (Å²) in [6.45, 7) is 0.185. The molecule has 0 saturated carbocycles. The number of hydrogen-bond acceptors (Lipinski definition) is 6. The maximum atomic E-state index is 12.4. The summed E-state index contributed by atoms with van der Waals surface area (Å²) in [5, 5.41) is 28.8. The topological polar surface area (TPSA) is 111 Å². The van der Waals surface area contributed by atoms with Crippen LogP contribution in [0.2, 0.25) is 10.0 Å². The zero-order valence-corrected chi connectivity index (χ0v) is 16.2. The number of phenolic OH excluding ortho intramolecular Hbond substituents is 1. The van der Waals surface area contributed by atoms with E-state index in [2.05, 4.69) is 25.8 Å². The smallest absolute Gasteiger partial charge is 0.276 e. The van der Waals surface area contributed by atoms with Crippen LogP contribution < -0.4 is 5.32 Å². The lowest BCUT2D eigenvalue weighted by Crippen LogP contribution is -2.15. The van der Waals surface area contributed by atoms with Crippen LogP contribution in [0.1, 0.15) is 10.5 Å². The second-order valence-electron chi connectivity index (χ2n) is 5.98. The van der Waals surface area contributed by atoms with Crippen LogP contribution in [0.15, 0.2) is 54.7 Å². The van der Waals surface area contributed by atoms with Crippen LogP contribution in [0, 0.1) is 0 Å². The average molecular weight is 430 g/mol. The second-order valence-corrected chi connectivity index (χ2v) is 6.79. The third-order valence-corrected chi connectivity index (χ3v) is 4.48. The van der Waals surface area contributed by atoms with Gasteiger partial charge in [0.1, 0.15) is 0 Å². The van der Waals surface area contributed by atoms with Crippen LogP contribution in [-0.4, -0.2) is 41.0 Å². The minimum absolute atomic E-state index is 0.0322. The number of anilines is 1. The molecule has 4 aromatic rings. The molecule has 0 unspecified atom stereocenters. The Labute approximate surface area is 174 Å². The number of carbonyl (C=O) groups is 1. The van der Waals surface area contributed by atoms with Gasteiger partial charge < -0.3 is 10.4 Å². The molecule has 0 spiro atoms. The zero-order chi connectivity index (χ0) is 20.4. The van der Waals surface area contributed by atoms with Crippen molar-refractivity contribution in [3.05, 3.63) is 70.5 Å². The normalized spacial score (nSPS) is 10.8. The first-order valence-corrected chi connectivity index (χ1v) is 9.11. The molecule has 0 radical (unpaired) electrons. The number of benzene rings is 2. The number of aromatic hydroxyl groups is 1. The van der Waals surface area contributed by atoms with Gasteiger partial charge in [-0.2, -0.15) is 5.10 Å². The van der Waals surface area contributed by atoms with E-state index in [0.717, 1.165) is 5.56 Å². The van der Waals surface area contributed by atoms with Crippen LogP contribution in [0.3, 0.4) is 0 Å². The van der Waals surface area contributed by atoms with Crippen molar-refractivity contribution in [2.45, 2.75) is 6.67 Å². The van der Waals surface area contributed by atoms with Crippen LogP contribution in [0.25, 0.3) is 11.4 Å². The Morgan fingerprint density at radius 1 is 1.07 bits per heavy atom. The minimum atomic E-state index is -0.460. The molecule has 2 N–H and O–H groups in total. The summed E-state index contributed by atoms with van der Waals surface area (Å²) in [5.41, 5.74) is 1.36. The number of rotatable bonds is 5. The van der Waals surface area contributed by atoms with E-state index in [-0.39, 0.29) is 28.2 Å². The number of nitrogens with one attached hydrogen (secondary N) is 1. The van der Waals surface area contributed by atoms with E-state index in [1.165, 1.54) is 21.6 Å². The largest absolute Gasteiger partial charge is 0.505 e. The fourth-order valence-electron chi connectivity index (χ4n) is 2.53. The van der Waals surface area contributed by atoms with Crippen LogP contribution in [0.4, 0.5) is 5.69 Å². The SMILES string of the molecule is O=C(Nc1cc(Cl)c(O)c(Cl)c1)c1ccn(Cn2nnc(-c3ccccc3)n2)n1. The maximum absolute atomic E-state index is 12.4. The Morgan fingerprint density at radius 3 is 2.52 bits per heavy atom. The predicted octanol–water partition coefficient (Wildman–Crippen LogP) is 3.31. The van der Waals surface area contributed by atoms with Gasteiger partial charge in [-0.05, 0) is 23.4 Å². The van der Waals surface area contributed by atoms with Gasteiger partial charge in [0.05, 0.1) is 10.0 Å². The van der Waals surface area contributed by atoms with Gasteiger partial charge in [-0.1, -0.05) is 53.5 Å². The van der Waals surface area contributed by atoms with Crippen molar-refractivity contribution in [3.63, 3.8) is 0 Å². The van der Waals surface area contributed by atoms with Crippen molar-refractivity contribution in [1.82, 2.24) is 30.0 Å². The first-order valence-electron chi connectivity index (χ1n) is 8.35. The average Bonchev–Trinajstić information content (AvgIpc) is 3.37. The molecule has 0 aliphatic rings. The molecule has 0 saturated heterocycles. The van der Waals surface area contributed by atoms with Crippen LogP contribution in [0.5, 0.6) is 5.75 Å². The minimum Gasteiger partial charge on any atom is -0.505 e. The van der Waals surface area contributed by atoms with Gasteiger partial charge in [-0.15, -0.1) is 15.0 Å². The fraction of sp³-hybridized carbons (Fsp3) is 0.0556. The van der Waals surface area contributed by atoms with E-state index in [9.17, 15) is 9.90 Å². The first kappa shape index (κ1) is 18.9. The van der Waals surface area contributed by atoms with Crippen molar-refractivity contribution in [3.8, 4) is 17.1 Å². The van der Waals surface area contributed by atoms with E-state index >= 15 is 0 Å². The number of halogens is 2. The summed E-state index contributed by atoms with van der Waals surface area (Å²) in [5.74, 6) is -0.208. The Morgan fingerprint density at radius 2 is 1.79 bits per heavy atom. The van der Waals surface area contributed by atoms with Gasteiger partial charge in [-0.3, -0.25) is 4.79 Å². The van der Waals surface area contributed by atoms with E-state index in [0.29, 0.717) is 11.5 Å². The Kier molecular flexibility index (Phi) is 5.15. The summed E-state index contributed by atoms with van der Waals surface area (Å²) in [6, 6.07) is 13.8. The molecule has 0 atom stereocenters. The van der Waals surface area contributed by atoms with Crippen molar-refractivity contribution in [1.29, 1.82) is 0 Å². The van der Waals surface area contributed by atoms with Gasteiger partial charge in [0.15, 0.2) is 18.1 Å². The highest BCUT2D eigenvalue weighted by atomic mass is 35.5. The van der Waals surface area contributed by atoms with E-state index in [4.69, 9.17) is 23.2 Å². The molecule has 2 aromatic heterocycles. The van der Waals surface area contributed by atoms with Gasteiger partial charge >= 0.3 is 0 Å².